The molecule has 3 aliphatic rings. The molecular formula is C41H42N6O4. The van der Waals surface area contributed by atoms with Crippen molar-refractivity contribution in [3.05, 3.63) is 108 Å². The van der Waals surface area contributed by atoms with Gasteiger partial charge in [-0.15, -0.1) is 0 Å². The van der Waals surface area contributed by atoms with Crippen LogP contribution in [0, 0.1) is 5.92 Å². The molecule has 0 saturated carbocycles. The summed E-state index contributed by atoms with van der Waals surface area (Å²) in [5, 5.41) is 18.9. The Hall–Kier alpha value is -5.48. The van der Waals surface area contributed by atoms with Crippen molar-refractivity contribution in [3.8, 4) is 28.0 Å². The second kappa shape index (κ2) is 14.0. The Balaban J connectivity index is 0.869. The molecular weight excluding hydrogens is 640 g/mol. The number of nitrogens with zero attached hydrogens (tertiary/aromatic N) is 5. The molecule has 3 fully saturated rings. The SMILES string of the molecule is O=C1CCC(n2ncc(N3CCN(CC4CCN(c5ccc(-c6c(-c7ccccc7)ccc7cc(O)ccc67)cc5)CC4)CC3)cc2=O)C(=O)N1. The van der Waals surface area contributed by atoms with Crippen molar-refractivity contribution in [2.75, 3.05) is 55.6 Å². The van der Waals surface area contributed by atoms with Gasteiger partial charge in [0, 0.05) is 64.0 Å². The zero-order valence-electron chi connectivity index (χ0n) is 28.6. The lowest BCUT2D eigenvalue weighted by Gasteiger charge is -2.40. The highest BCUT2D eigenvalue weighted by molar-refractivity contribution is 6.04. The number of anilines is 2. The normalized spacial score (nSPS) is 19.0. The van der Waals surface area contributed by atoms with Gasteiger partial charge < -0.3 is 14.9 Å². The first-order valence-electron chi connectivity index (χ1n) is 18.0. The number of carbonyl (C=O) groups excluding carboxylic acids is 2. The van der Waals surface area contributed by atoms with Gasteiger partial charge in [0.25, 0.3) is 11.5 Å². The van der Waals surface area contributed by atoms with E-state index in [0.717, 1.165) is 80.7 Å². The highest BCUT2D eigenvalue weighted by atomic mass is 16.3. The van der Waals surface area contributed by atoms with E-state index in [0.29, 0.717) is 5.92 Å². The van der Waals surface area contributed by atoms with Gasteiger partial charge in [-0.25, -0.2) is 4.68 Å². The lowest BCUT2D eigenvalue weighted by molar-refractivity contribution is -0.136. The molecule has 10 nitrogen and oxygen atoms in total. The number of benzene rings is 4. The maximum Gasteiger partial charge on any atom is 0.269 e. The summed E-state index contributed by atoms with van der Waals surface area (Å²) in [5.74, 6) is 0.137. The van der Waals surface area contributed by atoms with E-state index < -0.39 is 11.9 Å². The molecule has 3 aliphatic heterocycles. The molecule has 1 unspecified atom stereocenters. The molecule has 5 aromatic rings. The molecule has 0 aliphatic carbocycles. The zero-order valence-corrected chi connectivity index (χ0v) is 28.6. The van der Waals surface area contributed by atoms with Crippen LogP contribution in [0.3, 0.4) is 0 Å². The van der Waals surface area contributed by atoms with Crippen LogP contribution >= 0.6 is 0 Å². The Morgan fingerprint density at radius 2 is 1.47 bits per heavy atom. The molecule has 3 saturated heterocycles. The maximum absolute atomic E-state index is 12.9. The number of imide groups is 1. The van der Waals surface area contributed by atoms with Gasteiger partial charge in [-0.05, 0) is 82.5 Å². The molecule has 8 rings (SSSR count). The highest BCUT2D eigenvalue weighted by Crippen LogP contribution is 2.40. The number of amides is 2. The molecule has 10 heteroatoms. The Kier molecular flexibility index (Phi) is 9.00. The molecule has 2 amide bonds. The van der Waals surface area contributed by atoms with E-state index in [2.05, 4.69) is 85.8 Å². The molecule has 0 radical (unpaired) electrons. The van der Waals surface area contributed by atoms with Gasteiger partial charge in [0.15, 0.2) is 0 Å². The van der Waals surface area contributed by atoms with E-state index in [9.17, 15) is 19.5 Å². The Bertz CT molecular complexity index is 2120. The van der Waals surface area contributed by atoms with Crippen LogP contribution in [0.2, 0.25) is 0 Å². The first kappa shape index (κ1) is 32.7. The van der Waals surface area contributed by atoms with Gasteiger partial charge in [-0.1, -0.05) is 60.7 Å². The van der Waals surface area contributed by atoms with Crippen LogP contribution in [0.15, 0.2) is 102 Å². The van der Waals surface area contributed by atoms with Crippen LogP contribution in [-0.2, 0) is 9.59 Å². The molecule has 2 N–H and O–H groups in total. The fraction of sp³-hybridized carbons (Fsp3) is 0.317. The lowest BCUT2D eigenvalue weighted by atomic mass is 9.89. The molecule has 51 heavy (non-hydrogen) atoms. The second-order valence-electron chi connectivity index (χ2n) is 14.0. The van der Waals surface area contributed by atoms with Crippen molar-refractivity contribution in [1.82, 2.24) is 20.0 Å². The summed E-state index contributed by atoms with van der Waals surface area (Å²) in [6, 6.07) is 30.1. The minimum atomic E-state index is -0.744. The van der Waals surface area contributed by atoms with Gasteiger partial charge in [0.05, 0.1) is 11.9 Å². The van der Waals surface area contributed by atoms with Crippen molar-refractivity contribution in [1.29, 1.82) is 0 Å². The lowest BCUT2D eigenvalue weighted by Crippen LogP contribution is -2.49. The first-order valence-corrected chi connectivity index (χ1v) is 18.0. The van der Waals surface area contributed by atoms with E-state index in [1.165, 1.54) is 27.1 Å². The van der Waals surface area contributed by atoms with Gasteiger partial charge >= 0.3 is 0 Å². The standard InChI is InChI=1S/C41H42N6O4/c48-34-11-13-36-31(24-34)8-12-35(29-4-2-1-3-5-29)40(36)30-6-9-32(10-7-30)45-18-16-28(17-19-45)27-44-20-22-46(23-21-44)33-25-39(50)47(42-26-33)37-14-15-38(49)43-41(37)51/h1-13,24-26,28,37,48H,14-23,27H2,(H,43,49,51). The summed E-state index contributed by atoms with van der Waals surface area (Å²) in [4.78, 5) is 43.8. The van der Waals surface area contributed by atoms with Gasteiger partial charge in [-0.3, -0.25) is 24.6 Å². The van der Waals surface area contributed by atoms with Crippen LogP contribution in [0.5, 0.6) is 5.75 Å². The topological polar surface area (TPSA) is 111 Å². The van der Waals surface area contributed by atoms with E-state index >= 15 is 0 Å². The number of piperazine rings is 1. The summed E-state index contributed by atoms with van der Waals surface area (Å²) >= 11 is 0. The molecule has 4 heterocycles. The van der Waals surface area contributed by atoms with Gasteiger partial charge in [0.2, 0.25) is 5.91 Å². The first-order chi connectivity index (χ1) is 24.9. The Morgan fingerprint density at radius 1 is 0.725 bits per heavy atom. The smallest absolute Gasteiger partial charge is 0.269 e. The zero-order chi connectivity index (χ0) is 34.9. The average Bonchev–Trinajstić information content (AvgIpc) is 3.16. The number of fused-ring (bicyclic) bond motifs is 1. The van der Waals surface area contributed by atoms with Crippen LogP contribution in [0.1, 0.15) is 31.7 Å². The van der Waals surface area contributed by atoms with Crippen LogP contribution in [-0.4, -0.2) is 77.4 Å². The number of phenolic OH excluding ortho intramolecular Hbond substituents is 1. The van der Waals surface area contributed by atoms with Gasteiger partial charge in [0.1, 0.15) is 11.8 Å². The second-order valence-corrected chi connectivity index (χ2v) is 14.0. The van der Waals surface area contributed by atoms with E-state index in [-0.39, 0.29) is 30.1 Å². The number of carbonyl (C=O) groups is 2. The third-order valence-electron chi connectivity index (χ3n) is 10.8. The molecule has 0 spiro atoms. The van der Waals surface area contributed by atoms with Crippen LogP contribution < -0.4 is 20.7 Å². The molecule has 260 valence electrons. The number of aromatic hydroxyl groups is 1. The third kappa shape index (κ3) is 6.83. The van der Waals surface area contributed by atoms with Crippen molar-refractivity contribution >= 4 is 34.0 Å². The van der Waals surface area contributed by atoms with E-state index in [1.807, 2.05) is 18.2 Å². The fourth-order valence-electron chi connectivity index (χ4n) is 7.98. The number of rotatable bonds is 7. The minimum Gasteiger partial charge on any atom is -0.508 e. The predicted octanol–water partition coefficient (Wildman–Crippen LogP) is 5.45. The monoisotopic (exact) mass is 682 g/mol. The summed E-state index contributed by atoms with van der Waals surface area (Å²) < 4.78 is 1.20. The summed E-state index contributed by atoms with van der Waals surface area (Å²) in [5.41, 5.74) is 6.39. The Morgan fingerprint density at radius 3 is 2.20 bits per heavy atom. The fourth-order valence-corrected chi connectivity index (χ4v) is 7.98. The number of nitrogens with one attached hydrogen (secondary N) is 1. The largest absolute Gasteiger partial charge is 0.508 e. The van der Waals surface area contributed by atoms with Crippen molar-refractivity contribution in [2.45, 2.75) is 31.7 Å². The van der Waals surface area contributed by atoms with Gasteiger partial charge in [-0.2, -0.15) is 5.10 Å². The maximum atomic E-state index is 12.9. The Labute approximate surface area is 296 Å². The predicted molar refractivity (Wildman–Crippen MR) is 200 cm³/mol. The minimum absolute atomic E-state index is 0.205. The van der Waals surface area contributed by atoms with Crippen LogP contribution in [0.4, 0.5) is 11.4 Å². The van der Waals surface area contributed by atoms with Crippen molar-refractivity contribution in [2.24, 2.45) is 5.92 Å². The number of piperidine rings is 2. The average molecular weight is 683 g/mol. The molecule has 4 aromatic carbocycles. The van der Waals surface area contributed by atoms with E-state index in [1.54, 1.807) is 18.3 Å². The summed E-state index contributed by atoms with van der Waals surface area (Å²) in [7, 11) is 0. The van der Waals surface area contributed by atoms with Crippen molar-refractivity contribution < 1.29 is 14.7 Å². The highest BCUT2D eigenvalue weighted by Gasteiger charge is 2.30. The third-order valence-corrected chi connectivity index (χ3v) is 10.8. The number of phenols is 1. The molecule has 1 atom stereocenters. The number of hydrogen-bond acceptors (Lipinski definition) is 8. The summed E-state index contributed by atoms with van der Waals surface area (Å²) in [6.45, 7) is 6.63. The van der Waals surface area contributed by atoms with Crippen LogP contribution in [0.25, 0.3) is 33.0 Å². The number of hydrogen-bond donors (Lipinski definition) is 2. The molecule has 1 aromatic heterocycles. The molecule has 0 bridgehead atoms. The quantitative estimate of drug-likeness (QED) is 0.218. The van der Waals surface area contributed by atoms with Crippen molar-refractivity contribution in [3.63, 3.8) is 0 Å². The van der Waals surface area contributed by atoms with E-state index in [4.69, 9.17) is 0 Å². The number of aromatic nitrogens is 2. The summed E-state index contributed by atoms with van der Waals surface area (Å²) in [6.07, 6.45) is 4.46.